The molecule has 1 N–H and O–H groups in total. The van der Waals surface area contributed by atoms with Crippen molar-refractivity contribution in [2.24, 2.45) is 0 Å². The highest BCUT2D eigenvalue weighted by Crippen LogP contribution is 2.13. The Kier molecular flexibility index (Phi) is 6.69. The van der Waals surface area contributed by atoms with E-state index in [0.717, 1.165) is 36.9 Å². The van der Waals surface area contributed by atoms with Gasteiger partial charge in [0.05, 0.1) is 6.10 Å². The lowest BCUT2D eigenvalue weighted by molar-refractivity contribution is 0.114. The minimum Gasteiger partial charge on any atom is -0.393 e. The van der Waals surface area contributed by atoms with Gasteiger partial charge in [-0.15, -0.1) is 0 Å². The first-order valence-electron chi connectivity index (χ1n) is 5.72. The molecule has 0 fully saturated rings. The summed E-state index contributed by atoms with van der Waals surface area (Å²) in [6.07, 6.45) is 2.18. The molecule has 0 bridgehead atoms. The molecule has 0 saturated carbocycles. The van der Waals surface area contributed by atoms with Gasteiger partial charge in [-0.05, 0) is 43.9 Å². The number of ether oxygens (including phenoxy) is 1. The quantitative estimate of drug-likeness (QED) is 0.781. The zero-order valence-electron chi connectivity index (χ0n) is 9.66. The first kappa shape index (κ1) is 13.7. The van der Waals surface area contributed by atoms with Crippen LogP contribution < -0.4 is 0 Å². The Labute approximate surface area is 106 Å². The zero-order valence-corrected chi connectivity index (χ0v) is 11.2. The summed E-state index contributed by atoms with van der Waals surface area (Å²) < 4.78 is 6.30. The second-order valence-corrected chi connectivity index (χ2v) is 4.74. The van der Waals surface area contributed by atoms with Crippen molar-refractivity contribution in [1.82, 2.24) is 0 Å². The van der Waals surface area contributed by atoms with E-state index in [9.17, 15) is 5.11 Å². The fraction of sp³-hybridized carbons (Fsp3) is 0.538. The van der Waals surface area contributed by atoms with Crippen molar-refractivity contribution in [2.75, 3.05) is 13.2 Å². The zero-order chi connectivity index (χ0) is 11.8. The largest absolute Gasteiger partial charge is 0.393 e. The number of aliphatic hydroxyl groups is 1. The van der Waals surface area contributed by atoms with Crippen molar-refractivity contribution in [3.8, 4) is 0 Å². The van der Waals surface area contributed by atoms with Crippen LogP contribution in [0.1, 0.15) is 25.3 Å². The molecule has 0 heterocycles. The summed E-state index contributed by atoms with van der Waals surface area (Å²) in [5.41, 5.74) is 1.17. The van der Waals surface area contributed by atoms with Gasteiger partial charge in [0.15, 0.2) is 0 Å². The number of benzene rings is 1. The van der Waals surface area contributed by atoms with Crippen LogP contribution >= 0.6 is 15.9 Å². The van der Waals surface area contributed by atoms with Crippen LogP contribution in [-0.4, -0.2) is 24.4 Å². The van der Waals surface area contributed by atoms with Crippen molar-refractivity contribution >= 4 is 15.9 Å². The maximum absolute atomic E-state index is 9.80. The summed E-state index contributed by atoms with van der Waals surface area (Å²) >= 11 is 3.39. The summed E-state index contributed by atoms with van der Waals surface area (Å²) in [4.78, 5) is 0. The van der Waals surface area contributed by atoms with Gasteiger partial charge >= 0.3 is 0 Å². The van der Waals surface area contributed by atoms with E-state index >= 15 is 0 Å². The second kappa shape index (κ2) is 7.82. The van der Waals surface area contributed by atoms with E-state index < -0.39 is 0 Å². The standard InChI is InChI=1S/C13H19BrO2/c1-2-16-9-3-4-13(15)10-11-5-7-12(14)8-6-11/h5-8,13,15H,2-4,9-10H2,1H3. The number of aliphatic hydroxyl groups excluding tert-OH is 1. The lowest BCUT2D eigenvalue weighted by Gasteiger charge is -2.10. The predicted octanol–water partition coefficient (Wildman–Crippen LogP) is 3.17. The average Bonchev–Trinajstić information content (AvgIpc) is 2.28. The number of rotatable bonds is 7. The van der Waals surface area contributed by atoms with Gasteiger partial charge in [-0.2, -0.15) is 0 Å². The van der Waals surface area contributed by atoms with E-state index in [1.54, 1.807) is 0 Å². The van der Waals surface area contributed by atoms with Crippen molar-refractivity contribution in [3.05, 3.63) is 34.3 Å². The number of hydrogen-bond donors (Lipinski definition) is 1. The van der Waals surface area contributed by atoms with Gasteiger partial charge in [0.1, 0.15) is 0 Å². The van der Waals surface area contributed by atoms with Crippen LogP contribution in [0.3, 0.4) is 0 Å². The predicted molar refractivity (Wildman–Crippen MR) is 69.6 cm³/mol. The molecule has 2 nitrogen and oxygen atoms in total. The van der Waals surface area contributed by atoms with E-state index in [1.165, 1.54) is 5.56 Å². The van der Waals surface area contributed by atoms with Crippen LogP contribution in [0.15, 0.2) is 28.7 Å². The average molecular weight is 287 g/mol. The summed E-state index contributed by atoms with van der Waals surface area (Å²) in [6, 6.07) is 8.08. The molecule has 1 rings (SSSR count). The Morgan fingerprint density at radius 2 is 2.00 bits per heavy atom. The van der Waals surface area contributed by atoms with Gasteiger partial charge in [0.25, 0.3) is 0 Å². The third-order valence-corrected chi connectivity index (χ3v) is 2.94. The molecule has 0 spiro atoms. The molecule has 3 heteroatoms. The molecule has 0 radical (unpaired) electrons. The van der Waals surface area contributed by atoms with Gasteiger partial charge in [-0.25, -0.2) is 0 Å². The van der Waals surface area contributed by atoms with E-state index in [-0.39, 0.29) is 6.10 Å². The van der Waals surface area contributed by atoms with Gasteiger partial charge in [-0.1, -0.05) is 28.1 Å². The molecule has 0 aliphatic heterocycles. The molecule has 0 saturated heterocycles. The molecule has 16 heavy (non-hydrogen) atoms. The van der Waals surface area contributed by atoms with Crippen LogP contribution in [0.4, 0.5) is 0 Å². The number of halogens is 1. The van der Waals surface area contributed by atoms with Crippen molar-refractivity contribution in [2.45, 2.75) is 32.3 Å². The molecule has 1 aromatic carbocycles. The van der Waals surface area contributed by atoms with Gasteiger partial charge < -0.3 is 9.84 Å². The summed E-state index contributed by atoms with van der Waals surface area (Å²) in [6.45, 7) is 3.48. The molecule has 0 aliphatic rings. The van der Waals surface area contributed by atoms with E-state index in [0.29, 0.717) is 0 Å². The molecule has 0 amide bonds. The van der Waals surface area contributed by atoms with Crippen molar-refractivity contribution in [1.29, 1.82) is 0 Å². The summed E-state index contributed by atoms with van der Waals surface area (Å²) in [5, 5.41) is 9.80. The Morgan fingerprint density at radius 3 is 2.62 bits per heavy atom. The number of hydrogen-bond acceptors (Lipinski definition) is 2. The molecule has 0 aliphatic carbocycles. The first-order valence-corrected chi connectivity index (χ1v) is 6.52. The normalized spacial score (nSPS) is 12.7. The monoisotopic (exact) mass is 286 g/mol. The maximum Gasteiger partial charge on any atom is 0.0581 e. The minimum atomic E-state index is -0.262. The Hall–Kier alpha value is -0.380. The van der Waals surface area contributed by atoms with Gasteiger partial charge in [0, 0.05) is 17.7 Å². The molecule has 1 atom stereocenters. The summed E-state index contributed by atoms with van der Waals surface area (Å²) in [7, 11) is 0. The maximum atomic E-state index is 9.80. The lowest BCUT2D eigenvalue weighted by Crippen LogP contribution is -2.11. The Morgan fingerprint density at radius 1 is 1.31 bits per heavy atom. The highest BCUT2D eigenvalue weighted by molar-refractivity contribution is 9.10. The van der Waals surface area contributed by atoms with E-state index in [4.69, 9.17) is 4.74 Å². The van der Waals surface area contributed by atoms with Crippen LogP contribution in [0.5, 0.6) is 0 Å². The van der Waals surface area contributed by atoms with Gasteiger partial charge in [0.2, 0.25) is 0 Å². The third kappa shape index (κ3) is 5.64. The molecule has 1 unspecified atom stereocenters. The molecule has 90 valence electrons. The van der Waals surface area contributed by atoms with Crippen LogP contribution in [0.25, 0.3) is 0 Å². The smallest absolute Gasteiger partial charge is 0.0581 e. The SMILES string of the molecule is CCOCCCC(O)Cc1ccc(Br)cc1. The van der Waals surface area contributed by atoms with E-state index in [2.05, 4.69) is 15.9 Å². The van der Waals surface area contributed by atoms with Crippen LogP contribution in [0, 0.1) is 0 Å². The van der Waals surface area contributed by atoms with Crippen LogP contribution in [0.2, 0.25) is 0 Å². The fourth-order valence-corrected chi connectivity index (χ4v) is 1.82. The molecular formula is C13H19BrO2. The summed E-state index contributed by atoms with van der Waals surface area (Å²) in [5.74, 6) is 0. The van der Waals surface area contributed by atoms with Crippen LogP contribution in [-0.2, 0) is 11.2 Å². The third-order valence-electron chi connectivity index (χ3n) is 2.41. The second-order valence-electron chi connectivity index (χ2n) is 3.82. The van der Waals surface area contributed by atoms with E-state index in [1.807, 2.05) is 31.2 Å². The topological polar surface area (TPSA) is 29.5 Å². The van der Waals surface area contributed by atoms with Gasteiger partial charge in [-0.3, -0.25) is 0 Å². The first-order chi connectivity index (χ1) is 7.72. The Balaban J connectivity index is 2.23. The highest BCUT2D eigenvalue weighted by Gasteiger charge is 2.05. The molecular weight excluding hydrogens is 268 g/mol. The van der Waals surface area contributed by atoms with Crippen molar-refractivity contribution in [3.63, 3.8) is 0 Å². The fourth-order valence-electron chi connectivity index (χ4n) is 1.56. The highest BCUT2D eigenvalue weighted by atomic mass is 79.9. The molecule has 1 aromatic rings. The lowest BCUT2D eigenvalue weighted by atomic mass is 10.0. The Bertz CT molecular complexity index is 284. The minimum absolute atomic E-state index is 0.262. The molecule has 0 aromatic heterocycles. The van der Waals surface area contributed by atoms with Crippen molar-refractivity contribution < 1.29 is 9.84 Å².